The zero-order valence-electron chi connectivity index (χ0n) is 10.9. The molecule has 0 radical (unpaired) electrons. The summed E-state index contributed by atoms with van der Waals surface area (Å²) < 4.78 is 26.2. The molecule has 0 aromatic rings. The quantitative estimate of drug-likeness (QED) is 0.698. The highest BCUT2D eigenvalue weighted by Gasteiger charge is 2.24. The van der Waals surface area contributed by atoms with E-state index in [9.17, 15) is 13.2 Å². The summed E-state index contributed by atoms with van der Waals surface area (Å²) in [5.41, 5.74) is 0. The number of rotatable bonds is 8. The molecule has 0 fully saturated rings. The van der Waals surface area contributed by atoms with Crippen LogP contribution in [0.1, 0.15) is 26.7 Å². The lowest BCUT2D eigenvalue weighted by Gasteiger charge is -2.25. The summed E-state index contributed by atoms with van der Waals surface area (Å²) in [7, 11) is -0.630. The van der Waals surface area contributed by atoms with E-state index in [0.29, 0.717) is 6.54 Å². The minimum absolute atomic E-state index is 0.0114. The molecule has 0 saturated heterocycles. The fourth-order valence-electron chi connectivity index (χ4n) is 1.27. The van der Waals surface area contributed by atoms with Gasteiger partial charge in [-0.1, -0.05) is 20.3 Å². The molecule has 17 heavy (non-hydrogen) atoms. The van der Waals surface area contributed by atoms with E-state index in [1.165, 1.54) is 18.4 Å². The van der Waals surface area contributed by atoms with Crippen molar-refractivity contribution in [2.45, 2.75) is 26.7 Å². The summed E-state index contributed by atoms with van der Waals surface area (Å²) >= 11 is 0. The van der Waals surface area contributed by atoms with Gasteiger partial charge in [0.05, 0.1) is 6.42 Å². The molecular formula is C10H22N2O4S. The fraction of sp³-hybridized carbons (Fsp3) is 0.900. The van der Waals surface area contributed by atoms with Crippen molar-refractivity contribution in [1.82, 2.24) is 8.61 Å². The largest absolute Gasteiger partial charge is 0.481 e. The first-order valence-electron chi connectivity index (χ1n) is 5.61. The third kappa shape index (κ3) is 5.47. The Bertz CT molecular complexity index is 342. The number of hydrogen-bond acceptors (Lipinski definition) is 3. The van der Waals surface area contributed by atoms with Crippen molar-refractivity contribution in [2.75, 3.05) is 27.2 Å². The van der Waals surface area contributed by atoms with Crippen LogP contribution >= 0.6 is 0 Å². The van der Waals surface area contributed by atoms with Gasteiger partial charge in [0, 0.05) is 27.2 Å². The summed E-state index contributed by atoms with van der Waals surface area (Å²) in [6.45, 7) is 4.40. The average molecular weight is 266 g/mol. The van der Waals surface area contributed by atoms with Crippen molar-refractivity contribution >= 4 is 16.2 Å². The van der Waals surface area contributed by atoms with Crippen molar-refractivity contribution < 1.29 is 18.3 Å². The van der Waals surface area contributed by atoms with Gasteiger partial charge in [-0.2, -0.15) is 17.0 Å². The molecule has 102 valence electrons. The Morgan fingerprint density at radius 2 is 1.82 bits per heavy atom. The fourth-order valence-corrected chi connectivity index (χ4v) is 2.51. The molecule has 0 aliphatic heterocycles. The summed E-state index contributed by atoms with van der Waals surface area (Å²) in [6.07, 6.45) is 0.714. The minimum Gasteiger partial charge on any atom is -0.481 e. The standard InChI is InChI=1S/C10H22N2O4S/c1-5-9(2)8-12(4)17(15,16)11(3)7-6-10(13)14/h9H,5-8H2,1-4H3,(H,13,14). The summed E-state index contributed by atoms with van der Waals surface area (Å²) in [5, 5.41) is 8.52. The summed E-state index contributed by atoms with van der Waals surface area (Å²) in [6, 6.07) is 0. The third-order valence-electron chi connectivity index (χ3n) is 2.69. The van der Waals surface area contributed by atoms with Gasteiger partial charge in [-0.3, -0.25) is 4.79 Å². The van der Waals surface area contributed by atoms with Crippen molar-refractivity contribution in [3.05, 3.63) is 0 Å². The Balaban J connectivity index is 4.48. The van der Waals surface area contributed by atoms with Gasteiger partial charge in [-0.25, -0.2) is 0 Å². The maximum absolute atomic E-state index is 12.0. The van der Waals surface area contributed by atoms with Crippen molar-refractivity contribution in [3.63, 3.8) is 0 Å². The number of hydrogen-bond donors (Lipinski definition) is 1. The highest BCUT2D eigenvalue weighted by Crippen LogP contribution is 2.09. The maximum atomic E-state index is 12.0. The molecule has 1 atom stereocenters. The highest BCUT2D eigenvalue weighted by molar-refractivity contribution is 7.86. The zero-order valence-corrected chi connectivity index (χ0v) is 11.7. The second-order valence-corrected chi connectivity index (χ2v) is 6.41. The molecule has 0 heterocycles. The first-order valence-corrected chi connectivity index (χ1v) is 7.00. The second kappa shape index (κ2) is 6.93. The van der Waals surface area contributed by atoms with Crippen LogP contribution in [0.25, 0.3) is 0 Å². The van der Waals surface area contributed by atoms with Crippen LogP contribution in [-0.2, 0) is 15.0 Å². The van der Waals surface area contributed by atoms with Gasteiger partial charge in [0.2, 0.25) is 0 Å². The first-order chi connectivity index (χ1) is 7.71. The Morgan fingerprint density at radius 3 is 2.24 bits per heavy atom. The van der Waals surface area contributed by atoms with Crippen LogP contribution in [0.5, 0.6) is 0 Å². The molecule has 0 aromatic carbocycles. The average Bonchev–Trinajstić information content (AvgIpc) is 2.25. The predicted molar refractivity (Wildman–Crippen MR) is 65.9 cm³/mol. The molecule has 0 aliphatic rings. The Kier molecular flexibility index (Phi) is 6.66. The van der Waals surface area contributed by atoms with E-state index in [0.717, 1.165) is 10.7 Å². The summed E-state index contributed by atoms with van der Waals surface area (Å²) in [5.74, 6) is -0.723. The molecule has 0 amide bonds. The van der Waals surface area contributed by atoms with Crippen LogP contribution in [0.2, 0.25) is 0 Å². The van der Waals surface area contributed by atoms with E-state index in [4.69, 9.17) is 5.11 Å². The zero-order chi connectivity index (χ0) is 13.6. The lowest BCUT2D eigenvalue weighted by Crippen LogP contribution is -2.42. The van der Waals surface area contributed by atoms with Crippen LogP contribution in [-0.4, -0.2) is 55.3 Å². The number of aliphatic carboxylic acids is 1. The maximum Gasteiger partial charge on any atom is 0.304 e. The Morgan fingerprint density at radius 1 is 1.29 bits per heavy atom. The molecule has 6 nitrogen and oxygen atoms in total. The van der Waals surface area contributed by atoms with E-state index in [2.05, 4.69) is 0 Å². The van der Waals surface area contributed by atoms with Crippen molar-refractivity contribution in [3.8, 4) is 0 Å². The van der Waals surface area contributed by atoms with Crippen LogP contribution < -0.4 is 0 Å². The molecule has 7 heteroatoms. The number of carboxylic acid groups (broad SMARTS) is 1. The van der Waals surface area contributed by atoms with Gasteiger partial charge in [0.25, 0.3) is 10.2 Å². The monoisotopic (exact) mass is 266 g/mol. The van der Waals surface area contributed by atoms with E-state index >= 15 is 0 Å². The van der Waals surface area contributed by atoms with Crippen LogP contribution in [0.4, 0.5) is 0 Å². The van der Waals surface area contributed by atoms with Crippen molar-refractivity contribution in [2.24, 2.45) is 5.92 Å². The first kappa shape index (κ1) is 16.3. The number of carboxylic acids is 1. The molecule has 0 saturated carbocycles. The lowest BCUT2D eigenvalue weighted by atomic mass is 10.1. The van der Waals surface area contributed by atoms with Gasteiger partial charge in [-0.15, -0.1) is 0 Å². The van der Waals surface area contributed by atoms with Gasteiger partial charge in [0.1, 0.15) is 0 Å². The highest BCUT2D eigenvalue weighted by atomic mass is 32.2. The smallest absolute Gasteiger partial charge is 0.304 e. The molecule has 0 aromatic heterocycles. The van der Waals surface area contributed by atoms with E-state index in [-0.39, 0.29) is 18.9 Å². The lowest BCUT2D eigenvalue weighted by molar-refractivity contribution is -0.137. The Labute approximate surface area is 103 Å². The molecule has 1 N–H and O–H groups in total. The summed E-state index contributed by atoms with van der Waals surface area (Å²) in [4.78, 5) is 10.4. The van der Waals surface area contributed by atoms with Gasteiger partial charge >= 0.3 is 5.97 Å². The molecule has 1 unspecified atom stereocenters. The molecule has 0 bridgehead atoms. The number of carbonyl (C=O) groups is 1. The van der Waals surface area contributed by atoms with Crippen molar-refractivity contribution in [1.29, 1.82) is 0 Å². The third-order valence-corrected chi connectivity index (χ3v) is 4.60. The molecular weight excluding hydrogens is 244 g/mol. The van der Waals surface area contributed by atoms with Gasteiger partial charge in [-0.05, 0) is 5.92 Å². The number of nitrogens with zero attached hydrogens (tertiary/aromatic N) is 2. The van der Waals surface area contributed by atoms with E-state index in [1.807, 2.05) is 13.8 Å². The SMILES string of the molecule is CCC(C)CN(C)S(=O)(=O)N(C)CCC(=O)O. The van der Waals surface area contributed by atoms with Crippen LogP contribution in [0, 0.1) is 5.92 Å². The van der Waals surface area contributed by atoms with Gasteiger partial charge < -0.3 is 5.11 Å². The van der Waals surface area contributed by atoms with E-state index in [1.54, 1.807) is 0 Å². The molecule has 0 spiro atoms. The molecule has 0 rings (SSSR count). The Hall–Kier alpha value is -0.660. The topological polar surface area (TPSA) is 77.9 Å². The second-order valence-electron chi connectivity index (χ2n) is 4.27. The molecule has 0 aliphatic carbocycles. The van der Waals surface area contributed by atoms with Gasteiger partial charge in [0.15, 0.2) is 0 Å². The minimum atomic E-state index is -3.54. The predicted octanol–water partition coefficient (Wildman–Crippen LogP) is 0.616. The normalized spacial score (nSPS) is 14.2. The van der Waals surface area contributed by atoms with Crippen LogP contribution in [0.15, 0.2) is 0 Å². The van der Waals surface area contributed by atoms with Crippen LogP contribution in [0.3, 0.4) is 0 Å². The van der Waals surface area contributed by atoms with E-state index < -0.39 is 16.2 Å².